The van der Waals surface area contributed by atoms with Gasteiger partial charge in [-0.1, -0.05) is 23.7 Å². The molecule has 0 bridgehead atoms. The zero-order valence-corrected chi connectivity index (χ0v) is 13.8. The Balaban J connectivity index is 1.74. The summed E-state index contributed by atoms with van der Waals surface area (Å²) in [6, 6.07) is 7.87. The molecule has 0 saturated carbocycles. The van der Waals surface area contributed by atoms with Crippen molar-refractivity contribution in [3.8, 4) is 23.1 Å². The highest BCUT2D eigenvalue weighted by Gasteiger charge is 2.15. The van der Waals surface area contributed by atoms with Crippen LogP contribution in [0.1, 0.15) is 15.9 Å². The van der Waals surface area contributed by atoms with Crippen LogP contribution in [0.4, 0.5) is 0 Å². The van der Waals surface area contributed by atoms with Crippen LogP contribution in [0.25, 0.3) is 11.5 Å². The van der Waals surface area contributed by atoms with Crippen LogP contribution in [0.3, 0.4) is 0 Å². The van der Waals surface area contributed by atoms with Crippen molar-refractivity contribution >= 4 is 23.7 Å². The zero-order valence-electron chi connectivity index (χ0n) is 13.0. The van der Waals surface area contributed by atoms with Gasteiger partial charge in [-0.15, -0.1) is 5.10 Å². The number of aromatic hydroxyl groups is 2. The second-order valence-corrected chi connectivity index (χ2v) is 5.30. The minimum atomic E-state index is -0.722. The van der Waals surface area contributed by atoms with E-state index in [1.807, 2.05) is 0 Å². The van der Waals surface area contributed by atoms with Gasteiger partial charge in [0.05, 0.1) is 11.2 Å². The van der Waals surface area contributed by atoms with E-state index in [9.17, 15) is 15.0 Å². The average molecular weight is 371 g/mol. The standard InChI is InChI=1S/C16H11ClN6O3/c17-13-9(3-1-5-12(13)24)7-20-23-16(26)10-8-18-14(21-15(10)25)11-4-2-6-19-22-11/h1-8,24H,(H,23,26)(H,18,21,25)/b20-7+. The summed E-state index contributed by atoms with van der Waals surface area (Å²) in [6.07, 6.45) is 3.90. The van der Waals surface area contributed by atoms with Gasteiger partial charge in [-0.2, -0.15) is 15.2 Å². The Kier molecular flexibility index (Phi) is 4.99. The van der Waals surface area contributed by atoms with Crippen LogP contribution in [0.2, 0.25) is 5.02 Å². The summed E-state index contributed by atoms with van der Waals surface area (Å²) in [5.41, 5.74) is 2.81. The lowest BCUT2D eigenvalue weighted by atomic mass is 10.2. The van der Waals surface area contributed by atoms with Gasteiger partial charge in [0.15, 0.2) is 5.82 Å². The molecule has 0 fully saturated rings. The lowest BCUT2D eigenvalue weighted by molar-refractivity contribution is 0.0951. The summed E-state index contributed by atoms with van der Waals surface area (Å²) in [5, 5.41) is 30.8. The molecule has 130 valence electrons. The first-order valence-corrected chi connectivity index (χ1v) is 7.59. The molecule has 0 saturated heterocycles. The summed E-state index contributed by atoms with van der Waals surface area (Å²) >= 11 is 5.90. The summed E-state index contributed by atoms with van der Waals surface area (Å²) in [5.74, 6) is -1.22. The molecular formula is C16H11ClN6O3. The molecule has 0 aliphatic rings. The molecule has 9 nitrogen and oxygen atoms in total. The monoisotopic (exact) mass is 370 g/mol. The number of carbonyl (C=O) groups is 1. The van der Waals surface area contributed by atoms with Gasteiger partial charge in [-0.25, -0.2) is 10.4 Å². The molecule has 0 spiro atoms. The molecule has 3 N–H and O–H groups in total. The molecule has 1 aromatic carbocycles. The van der Waals surface area contributed by atoms with Crippen molar-refractivity contribution in [2.45, 2.75) is 0 Å². The predicted molar refractivity (Wildman–Crippen MR) is 92.9 cm³/mol. The third-order valence-corrected chi connectivity index (χ3v) is 3.60. The van der Waals surface area contributed by atoms with Crippen LogP contribution in [0.15, 0.2) is 47.8 Å². The minimum absolute atomic E-state index is 0.102. The van der Waals surface area contributed by atoms with Crippen LogP contribution in [0.5, 0.6) is 11.6 Å². The Labute approximate surface area is 152 Å². The van der Waals surface area contributed by atoms with Crippen molar-refractivity contribution in [2.75, 3.05) is 0 Å². The van der Waals surface area contributed by atoms with Crippen molar-refractivity contribution < 1.29 is 15.0 Å². The fourth-order valence-electron chi connectivity index (χ4n) is 1.93. The highest BCUT2D eigenvalue weighted by Crippen LogP contribution is 2.25. The quantitative estimate of drug-likeness (QED) is 0.470. The van der Waals surface area contributed by atoms with Crippen LogP contribution in [-0.4, -0.2) is 42.5 Å². The molecule has 0 aliphatic heterocycles. The second kappa shape index (κ2) is 7.53. The highest BCUT2D eigenvalue weighted by atomic mass is 35.5. The Hall–Kier alpha value is -3.59. The van der Waals surface area contributed by atoms with E-state index in [-0.39, 0.29) is 22.2 Å². The van der Waals surface area contributed by atoms with Crippen LogP contribution in [0, 0.1) is 0 Å². The number of hydrogen-bond acceptors (Lipinski definition) is 8. The van der Waals surface area contributed by atoms with Gasteiger partial charge in [0, 0.05) is 18.0 Å². The molecule has 0 aliphatic carbocycles. The molecule has 1 amide bonds. The van der Waals surface area contributed by atoms with Gasteiger partial charge in [-0.3, -0.25) is 4.79 Å². The van der Waals surface area contributed by atoms with Gasteiger partial charge in [0.2, 0.25) is 5.88 Å². The van der Waals surface area contributed by atoms with Crippen LogP contribution < -0.4 is 5.43 Å². The van der Waals surface area contributed by atoms with E-state index < -0.39 is 11.8 Å². The normalized spacial score (nSPS) is 10.8. The fourth-order valence-corrected chi connectivity index (χ4v) is 2.11. The smallest absolute Gasteiger partial charge is 0.278 e. The number of rotatable bonds is 4. The molecule has 0 radical (unpaired) electrons. The molecule has 2 heterocycles. The first kappa shape index (κ1) is 17.2. The zero-order chi connectivity index (χ0) is 18.5. The molecule has 2 aromatic heterocycles. The summed E-state index contributed by atoms with van der Waals surface area (Å²) < 4.78 is 0. The Morgan fingerprint density at radius 1 is 1.23 bits per heavy atom. The number of nitrogens with one attached hydrogen (secondary N) is 1. The third kappa shape index (κ3) is 3.73. The van der Waals surface area contributed by atoms with E-state index in [4.69, 9.17) is 11.6 Å². The number of halogens is 1. The molecule has 3 rings (SSSR count). The van der Waals surface area contributed by atoms with Gasteiger partial charge in [-0.05, 0) is 18.2 Å². The summed E-state index contributed by atoms with van der Waals surface area (Å²) in [4.78, 5) is 19.9. The SMILES string of the molecule is O=C(N/N=C/c1cccc(O)c1Cl)c1cnc(-c2cccnn2)nc1O. The maximum atomic E-state index is 12.1. The van der Waals surface area contributed by atoms with Crippen molar-refractivity contribution in [1.82, 2.24) is 25.6 Å². The Morgan fingerprint density at radius 2 is 2.08 bits per heavy atom. The van der Waals surface area contributed by atoms with E-state index in [0.29, 0.717) is 11.3 Å². The summed E-state index contributed by atoms with van der Waals surface area (Å²) in [6.45, 7) is 0. The number of nitrogens with zero attached hydrogens (tertiary/aromatic N) is 5. The molecule has 0 atom stereocenters. The van der Waals surface area contributed by atoms with Crippen molar-refractivity contribution in [3.63, 3.8) is 0 Å². The molecule has 3 aromatic rings. The van der Waals surface area contributed by atoms with E-state index in [2.05, 4.69) is 30.7 Å². The number of amides is 1. The molecule has 10 heteroatoms. The van der Waals surface area contributed by atoms with Crippen molar-refractivity contribution in [1.29, 1.82) is 0 Å². The molecule has 26 heavy (non-hydrogen) atoms. The van der Waals surface area contributed by atoms with Gasteiger partial charge < -0.3 is 10.2 Å². The fraction of sp³-hybridized carbons (Fsp3) is 0. The summed E-state index contributed by atoms with van der Waals surface area (Å²) in [7, 11) is 0. The van der Waals surface area contributed by atoms with E-state index in [1.165, 1.54) is 18.5 Å². The topological polar surface area (TPSA) is 133 Å². The lowest BCUT2D eigenvalue weighted by Gasteiger charge is -2.04. The predicted octanol–water partition coefficient (Wildman–Crippen LogP) is 1.76. The van der Waals surface area contributed by atoms with E-state index in [0.717, 1.165) is 6.20 Å². The number of aromatic nitrogens is 4. The molecule has 0 unspecified atom stereocenters. The Bertz CT molecular complexity index is 981. The van der Waals surface area contributed by atoms with Gasteiger partial charge in [0.25, 0.3) is 5.91 Å². The lowest BCUT2D eigenvalue weighted by Crippen LogP contribution is -2.18. The minimum Gasteiger partial charge on any atom is -0.506 e. The number of hydrazone groups is 1. The number of hydrogen-bond donors (Lipinski definition) is 3. The molecular weight excluding hydrogens is 360 g/mol. The van der Waals surface area contributed by atoms with Crippen molar-refractivity contribution in [3.05, 3.63) is 58.9 Å². The number of phenolic OH excluding ortho intramolecular Hbond substituents is 1. The maximum Gasteiger partial charge on any atom is 0.278 e. The van der Waals surface area contributed by atoms with E-state index in [1.54, 1.807) is 24.3 Å². The first-order valence-electron chi connectivity index (χ1n) is 7.21. The Morgan fingerprint density at radius 3 is 2.81 bits per heavy atom. The van der Waals surface area contributed by atoms with Crippen molar-refractivity contribution in [2.24, 2.45) is 5.10 Å². The largest absolute Gasteiger partial charge is 0.506 e. The average Bonchev–Trinajstić information content (AvgIpc) is 2.65. The van der Waals surface area contributed by atoms with Gasteiger partial charge in [0.1, 0.15) is 17.0 Å². The van der Waals surface area contributed by atoms with Crippen LogP contribution >= 0.6 is 11.6 Å². The number of benzene rings is 1. The highest BCUT2D eigenvalue weighted by molar-refractivity contribution is 6.34. The van der Waals surface area contributed by atoms with Crippen LogP contribution in [-0.2, 0) is 0 Å². The maximum absolute atomic E-state index is 12.1. The van der Waals surface area contributed by atoms with Gasteiger partial charge >= 0.3 is 0 Å². The number of carbonyl (C=O) groups excluding carboxylic acids is 1. The van der Waals surface area contributed by atoms with E-state index >= 15 is 0 Å². The first-order chi connectivity index (χ1) is 12.6. The third-order valence-electron chi connectivity index (χ3n) is 3.19. The number of phenols is 1. The second-order valence-electron chi connectivity index (χ2n) is 4.92.